The molecule has 280 valence electrons. The van der Waals surface area contributed by atoms with E-state index in [1.165, 1.54) is 12.7 Å². The Kier molecular flexibility index (Phi) is 10.0. The summed E-state index contributed by atoms with van der Waals surface area (Å²) in [6, 6.07) is 0. The summed E-state index contributed by atoms with van der Waals surface area (Å²) in [7, 11) is 1.32. The van der Waals surface area contributed by atoms with Crippen LogP contribution in [0.4, 0.5) is 0 Å². The normalized spacial score (nSPS) is 28.9. The number of methoxy groups -OCH3 is 1. The van der Waals surface area contributed by atoms with Crippen molar-refractivity contribution in [2.24, 2.45) is 11.8 Å². The van der Waals surface area contributed by atoms with Gasteiger partial charge in [-0.05, 0) is 106 Å². The Hall–Kier alpha value is -3.95. The van der Waals surface area contributed by atoms with Gasteiger partial charge in [0.15, 0.2) is 22.8 Å². The van der Waals surface area contributed by atoms with Crippen LogP contribution in [0.5, 0.6) is 17.2 Å². The summed E-state index contributed by atoms with van der Waals surface area (Å²) in [5, 5.41) is 9.50. The van der Waals surface area contributed by atoms with E-state index in [-0.39, 0.29) is 37.1 Å². The van der Waals surface area contributed by atoms with Crippen molar-refractivity contribution in [3.63, 3.8) is 0 Å². The van der Waals surface area contributed by atoms with Crippen molar-refractivity contribution in [1.29, 1.82) is 0 Å². The van der Waals surface area contributed by atoms with Gasteiger partial charge in [0, 0.05) is 41.6 Å². The molecule has 3 aliphatic heterocycles. The fourth-order valence-electron chi connectivity index (χ4n) is 8.85. The van der Waals surface area contributed by atoms with Gasteiger partial charge in [0.1, 0.15) is 28.4 Å². The molecular formula is C43H54O9. The first-order valence-electron chi connectivity index (χ1n) is 18.6. The third kappa shape index (κ3) is 5.98. The largest absolute Gasteiger partial charge is 0.492 e. The first kappa shape index (κ1) is 37.8. The van der Waals surface area contributed by atoms with Gasteiger partial charge in [-0.1, -0.05) is 35.5 Å². The first-order valence-corrected chi connectivity index (χ1v) is 18.6. The number of aliphatic hydroxyl groups is 1. The maximum Gasteiger partial charge on any atom is 0.333 e. The second-order valence-electron chi connectivity index (χ2n) is 16.2. The number of unbranched alkanes of at least 4 members (excludes halogenated alkanes) is 1. The van der Waals surface area contributed by atoms with Crippen LogP contribution < -0.4 is 14.2 Å². The zero-order valence-corrected chi connectivity index (χ0v) is 32.2. The fraction of sp³-hybridized carbons (Fsp3) is 0.558. The molecule has 1 saturated carbocycles. The molecule has 4 bridgehead atoms. The summed E-state index contributed by atoms with van der Waals surface area (Å²) in [4.78, 5) is 42.4. The van der Waals surface area contributed by atoms with E-state index in [1.807, 2.05) is 39.8 Å². The lowest BCUT2D eigenvalue weighted by Gasteiger charge is -2.56. The molecule has 5 atom stereocenters. The highest BCUT2D eigenvalue weighted by molar-refractivity contribution is 6.19. The quantitative estimate of drug-likeness (QED) is 0.0947. The molecular weight excluding hydrogens is 660 g/mol. The molecule has 1 aromatic carbocycles. The SMILES string of the molecule is COC(=O)/C(C)=C\CC12OC(C)(C)C3CC(C=C4C(=O)c5c(OCCCCO)c6c(c(CC=C(C)C)c5OC431)OC(C)(CCC=C(C)C)C=C6)C2=O. The predicted octanol–water partition coefficient (Wildman–Crippen LogP) is 7.77. The molecule has 1 spiro atoms. The monoisotopic (exact) mass is 714 g/mol. The van der Waals surface area contributed by atoms with Gasteiger partial charge in [-0.15, -0.1) is 0 Å². The van der Waals surface area contributed by atoms with Crippen LogP contribution in [-0.4, -0.2) is 65.4 Å². The number of Topliss-reactive ketones (excluding diaryl/α,β-unsaturated/α-hetero) is 2. The number of allylic oxidation sites excluding steroid dienone is 5. The number of benzene rings is 1. The lowest BCUT2D eigenvalue weighted by Crippen LogP contribution is -2.72. The van der Waals surface area contributed by atoms with Crippen LogP contribution in [0, 0.1) is 11.8 Å². The molecule has 0 radical (unpaired) electrons. The third-order valence-electron chi connectivity index (χ3n) is 11.4. The Balaban J connectivity index is 1.61. The smallest absolute Gasteiger partial charge is 0.333 e. The van der Waals surface area contributed by atoms with Gasteiger partial charge < -0.3 is 28.8 Å². The Labute approximate surface area is 307 Å². The van der Waals surface area contributed by atoms with Crippen molar-refractivity contribution in [3.05, 3.63) is 69.4 Å². The Morgan fingerprint density at radius 2 is 1.73 bits per heavy atom. The predicted molar refractivity (Wildman–Crippen MR) is 199 cm³/mol. The van der Waals surface area contributed by atoms with E-state index >= 15 is 4.79 Å². The van der Waals surface area contributed by atoms with Crippen molar-refractivity contribution < 1.29 is 43.2 Å². The molecule has 9 nitrogen and oxygen atoms in total. The number of aliphatic hydroxyl groups excluding tert-OH is 1. The Morgan fingerprint density at radius 3 is 2.40 bits per heavy atom. The van der Waals surface area contributed by atoms with Crippen LogP contribution >= 0.6 is 0 Å². The van der Waals surface area contributed by atoms with E-state index in [2.05, 4.69) is 32.9 Å². The van der Waals surface area contributed by atoms with Gasteiger partial charge in [0.05, 0.1) is 24.9 Å². The topological polar surface area (TPSA) is 118 Å². The molecule has 52 heavy (non-hydrogen) atoms. The van der Waals surface area contributed by atoms with Crippen molar-refractivity contribution in [2.75, 3.05) is 20.3 Å². The van der Waals surface area contributed by atoms with Gasteiger partial charge >= 0.3 is 5.97 Å². The van der Waals surface area contributed by atoms with Crippen molar-refractivity contribution in [1.82, 2.24) is 0 Å². The fourth-order valence-corrected chi connectivity index (χ4v) is 8.85. The number of rotatable bonds is 13. The van der Waals surface area contributed by atoms with Crippen molar-refractivity contribution >= 4 is 23.6 Å². The van der Waals surface area contributed by atoms with E-state index in [0.29, 0.717) is 70.8 Å². The summed E-state index contributed by atoms with van der Waals surface area (Å²) in [6.45, 7) is 16.1. The highest BCUT2D eigenvalue weighted by atomic mass is 16.6. The molecule has 1 aromatic rings. The highest BCUT2D eigenvalue weighted by Gasteiger charge is 2.81. The van der Waals surface area contributed by atoms with Crippen LogP contribution in [-0.2, 0) is 25.5 Å². The van der Waals surface area contributed by atoms with Crippen molar-refractivity contribution in [3.8, 4) is 17.2 Å². The lowest BCUT2D eigenvalue weighted by atomic mass is 9.51. The van der Waals surface area contributed by atoms with Gasteiger partial charge in [0.25, 0.3) is 0 Å². The van der Waals surface area contributed by atoms with Gasteiger partial charge in [-0.25, -0.2) is 4.79 Å². The molecule has 0 amide bonds. The highest BCUT2D eigenvalue weighted by Crippen LogP contribution is 2.68. The molecule has 3 heterocycles. The van der Waals surface area contributed by atoms with E-state index < -0.39 is 34.3 Å². The number of ether oxygens (including phenoxy) is 5. The lowest BCUT2D eigenvalue weighted by molar-refractivity contribution is -0.171. The standard InChI is InChI=1S/C43H54O9/c1-25(2)13-12-18-41(8)19-17-30-35(50-41)29(15-14-26(3)4)37-33(36(30)49-22-11-10-21-44)34(45)31-23-28-24-32-40(6,7)52-42(38(28)46,43(31,32)51-37)20-16-27(5)39(47)48-9/h13-14,16-17,19,23,28,32,44H,10-12,15,18,20-22,24H2,1-9H3/b27-16-. The summed E-state index contributed by atoms with van der Waals surface area (Å²) in [5.74, 6) is -0.502. The van der Waals surface area contributed by atoms with E-state index in [4.69, 9.17) is 23.7 Å². The maximum absolute atomic E-state index is 15.3. The van der Waals surface area contributed by atoms with E-state index in [9.17, 15) is 14.7 Å². The minimum atomic E-state index is -1.57. The Bertz CT molecular complexity index is 1830. The van der Waals surface area contributed by atoms with Gasteiger partial charge in [-0.2, -0.15) is 0 Å². The molecule has 6 aliphatic rings. The second kappa shape index (κ2) is 13.8. The number of ketones is 2. The molecule has 1 N–H and O–H groups in total. The summed E-state index contributed by atoms with van der Waals surface area (Å²) < 4.78 is 32.8. The number of hydrogen-bond donors (Lipinski definition) is 1. The molecule has 3 aliphatic carbocycles. The average molecular weight is 715 g/mol. The first-order chi connectivity index (χ1) is 24.6. The minimum Gasteiger partial charge on any atom is -0.492 e. The average Bonchev–Trinajstić information content (AvgIpc) is 3.24. The van der Waals surface area contributed by atoms with Crippen LogP contribution in [0.25, 0.3) is 6.08 Å². The third-order valence-corrected chi connectivity index (χ3v) is 11.4. The molecule has 1 saturated heterocycles. The van der Waals surface area contributed by atoms with Gasteiger partial charge in [0.2, 0.25) is 0 Å². The maximum atomic E-state index is 15.3. The number of esters is 1. The van der Waals surface area contributed by atoms with Crippen LogP contribution in [0.1, 0.15) is 115 Å². The summed E-state index contributed by atoms with van der Waals surface area (Å²) in [6.07, 6.45) is 15.4. The second-order valence-corrected chi connectivity index (χ2v) is 16.2. The number of hydrogen-bond acceptors (Lipinski definition) is 9. The van der Waals surface area contributed by atoms with Crippen molar-refractivity contribution in [2.45, 2.75) is 123 Å². The molecule has 0 aromatic heterocycles. The number of fused-ring (bicyclic) bond motifs is 2. The minimum absolute atomic E-state index is 0.0313. The molecule has 2 fully saturated rings. The van der Waals surface area contributed by atoms with Crippen LogP contribution in [0.3, 0.4) is 0 Å². The molecule has 5 unspecified atom stereocenters. The number of carbonyl (C=O) groups excluding carboxylic acids is 3. The summed E-state index contributed by atoms with van der Waals surface area (Å²) in [5.41, 5.74) is 0.243. The Morgan fingerprint density at radius 1 is 1.00 bits per heavy atom. The van der Waals surface area contributed by atoms with Crippen LogP contribution in [0.2, 0.25) is 0 Å². The molecule has 9 heteroatoms. The van der Waals surface area contributed by atoms with E-state index in [0.717, 1.165) is 18.4 Å². The number of carbonyl (C=O) groups is 3. The van der Waals surface area contributed by atoms with Gasteiger partial charge in [-0.3, -0.25) is 9.59 Å². The zero-order chi connectivity index (χ0) is 37.8. The summed E-state index contributed by atoms with van der Waals surface area (Å²) >= 11 is 0. The zero-order valence-electron chi connectivity index (χ0n) is 32.2. The van der Waals surface area contributed by atoms with E-state index in [1.54, 1.807) is 19.1 Å². The van der Waals surface area contributed by atoms with Crippen LogP contribution in [0.15, 0.2) is 52.7 Å². The molecule has 7 rings (SSSR count).